The Kier molecular flexibility index (Phi) is 3.99. The molecule has 0 radical (unpaired) electrons. The van der Waals surface area contributed by atoms with Crippen molar-refractivity contribution in [2.75, 3.05) is 5.75 Å². The van der Waals surface area contributed by atoms with E-state index in [-0.39, 0.29) is 16.3 Å². The minimum absolute atomic E-state index is 0.102. The molecule has 152 valence electrons. The number of hydrogen-bond acceptors (Lipinski definition) is 6. The minimum Gasteiger partial charge on any atom is -0.296 e. The summed E-state index contributed by atoms with van der Waals surface area (Å²) >= 11 is 0. The van der Waals surface area contributed by atoms with E-state index in [1.165, 1.54) is 36.0 Å². The van der Waals surface area contributed by atoms with Crippen molar-refractivity contribution >= 4 is 47.6 Å². The molecule has 1 aliphatic rings. The molecule has 0 amide bonds. The lowest BCUT2D eigenvalue weighted by molar-refractivity contribution is 0.588. The van der Waals surface area contributed by atoms with Gasteiger partial charge in [0.05, 0.1) is 22.4 Å². The standard InChI is InChI=1S/C20H16N4O4S2/c1-14-22-18-13-21-20-17(19(18)24(14)15-8-11-29(25,26)12-9-15)7-10-23(20)30(27,28)16-5-3-2-4-6-16/h2-11,13H,12H2,1H3. The zero-order valence-electron chi connectivity index (χ0n) is 15.8. The molecule has 0 N–H and O–H groups in total. The number of aryl methyl sites for hydroxylation is 1. The van der Waals surface area contributed by atoms with Gasteiger partial charge in [-0.3, -0.25) is 4.57 Å². The van der Waals surface area contributed by atoms with Crippen molar-refractivity contribution in [3.05, 3.63) is 72.2 Å². The fraction of sp³-hybridized carbons (Fsp3) is 0.100. The molecule has 5 rings (SSSR count). The predicted octanol–water partition coefficient (Wildman–Crippen LogP) is 2.71. The summed E-state index contributed by atoms with van der Waals surface area (Å²) in [6.45, 7) is 1.81. The number of nitrogens with zero attached hydrogens (tertiary/aromatic N) is 4. The predicted molar refractivity (Wildman–Crippen MR) is 114 cm³/mol. The first-order chi connectivity index (χ1) is 14.3. The van der Waals surface area contributed by atoms with E-state index in [1.54, 1.807) is 37.3 Å². The summed E-state index contributed by atoms with van der Waals surface area (Å²) in [6, 6.07) is 9.84. The van der Waals surface area contributed by atoms with Gasteiger partial charge >= 0.3 is 0 Å². The topological polar surface area (TPSA) is 104 Å². The molecular formula is C20H16N4O4S2. The first-order valence-corrected chi connectivity index (χ1v) is 12.2. The Bertz CT molecular complexity index is 1590. The third kappa shape index (κ3) is 2.79. The molecule has 4 aromatic rings. The lowest BCUT2D eigenvalue weighted by Crippen LogP contribution is -2.12. The van der Waals surface area contributed by atoms with Crippen molar-refractivity contribution in [2.45, 2.75) is 11.8 Å². The lowest BCUT2D eigenvalue weighted by atomic mass is 10.2. The maximum Gasteiger partial charge on any atom is 0.269 e. The van der Waals surface area contributed by atoms with E-state index in [4.69, 9.17) is 0 Å². The van der Waals surface area contributed by atoms with Crippen LogP contribution in [0.2, 0.25) is 0 Å². The third-order valence-corrected chi connectivity index (χ3v) is 7.85. The number of rotatable bonds is 3. The summed E-state index contributed by atoms with van der Waals surface area (Å²) in [5.74, 6) is 0.545. The van der Waals surface area contributed by atoms with Crippen LogP contribution in [0.3, 0.4) is 0 Å². The molecule has 0 saturated carbocycles. The summed E-state index contributed by atoms with van der Waals surface area (Å²) in [5, 5.41) is 1.78. The van der Waals surface area contributed by atoms with Gasteiger partial charge in [0.2, 0.25) is 0 Å². The quantitative estimate of drug-likeness (QED) is 0.485. The van der Waals surface area contributed by atoms with Crippen LogP contribution in [0.25, 0.3) is 27.8 Å². The van der Waals surface area contributed by atoms with Crippen LogP contribution in [0.5, 0.6) is 0 Å². The van der Waals surface area contributed by atoms with Gasteiger partial charge < -0.3 is 0 Å². The lowest BCUT2D eigenvalue weighted by Gasteiger charge is -2.12. The highest BCUT2D eigenvalue weighted by Gasteiger charge is 2.23. The van der Waals surface area contributed by atoms with Gasteiger partial charge in [0, 0.05) is 22.7 Å². The van der Waals surface area contributed by atoms with E-state index < -0.39 is 19.9 Å². The fourth-order valence-electron chi connectivity index (χ4n) is 3.62. The van der Waals surface area contributed by atoms with Crippen LogP contribution in [-0.2, 0) is 19.9 Å². The summed E-state index contributed by atoms with van der Waals surface area (Å²) in [6.07, 6.45) is 6.15. The van der Waals surface area contributed by atoms with Crippen LogP contribution < -0.4 is 0 Å². The van der Waals surface area contributed by atoms with E-state index in [0.717, 1.165) is 3.97 Å². The zero-order chi connectivity index (χ0) is 21.1. The third-order valence-electron chi connectivity index (χ3n) is 4.99. The van der Waals surface area contributed by atoms with Crippen LogP contribution in [0.15, 0.2) is 71.2 Å². The molecule has 4 heterocycles. The second kappa shape index (κ2) is 6.38. The average molecular weight is 441 g/mol. The van der Waals surface area contributed by atoms with Gasteiger partial charge in [-0.2, -0.15) is 0 Å². The number of allylic oxidation sites excluding steroid dienone is 2. The first-order valence-electron chi connectivity index (χ1n) is 9.05. The normalized spacial score (nSPS) is 16.2. The van der Waals surface area contributed by atoms with E-state index in [9.17, 15) is 16.8 Å². The van der Waals surface area contributed by atoms with Gasteiger partial charge in [0.1, 0.15) is 11.3 Å². The van der Waals surface area contributed by atoms with Crippen molar-refractivity contribution in [3.63, 3.8) is 0 Å². The van der Waals surface area contributed by atoms with Gasteiger partial charge in [0.25, 0.3) is 10.0 Å². The van der Waals surface area contributed by atoms with E-state index in [1.807, 2.05) is 4.57 Å². The monoisotopic (exact) mass is 440 g/mol. The molecule has 1 aliphatic heterocycles. The summed E-state index contributed by atoms with van der Waals surface area (Å²) in [5.41, 5.74) is 2.21. The molecule has 30 heavy (non-hydrogen) atoms. The number of benzene rings is 1. The Morgan fingerprint density at radius 1 is 1.10 bits per heavy atom. The van der Waals surface area contributed by atoms with Crippen LogP contribution >= 0.6 is 0 Å². The van der Waals surface area contributed by atoms with E-state index >= 15 is 0 Å². The average Bonchev–Trinajstić information content (AvgIpc) is 3.29. The van der Waals surface area contributed by atoms with Gasteiger partial charge in [-0.25, -0.2) is 30.8 Å². The molecule has 0 bridgehead atoms. The van der Waals surface area contributed by atoms with Crippen LogP contribution in [0.1, 0.15) is 5.82 Å². The van der Waals surface area contributed by atoms with Crippen molar-refractivity contribution in [1.29, 1.82) is 0 Å². The highest BCUT2D eigenvalue weighted by Crippen LogP contribution is 2.31. The Morgan fingerprint density at radius 2 is 1.87 bits per heavy atom. The second-order valence-corrected chi connectivity index (χ2v) is 10.7. The Labute approximate surface area is 172 Å². The van der Waals surface area contributed by atoms with Gasteiger partial charge in [-0.05, 0) is 37.3 Å². The van der Waals surface area contributed by atoms with Crippen molar-refractivity contribution in [1.82, 2.24) is 18.5 Å². The highest BCUT2D eigenvalue weighted by molar-refractivity contribution is 7.94. The largest absolute Gasteiger partial charge is 0.296 e. The molecule has 10 heteroatoms. The molecule has 0 aliphatic carbocycles. The van der Waals surface area contributed by atoms with Crippen molar-refractivity contribution in [2.24, 2.45) is 0 Å². The summed E-state index contributed by atoms with van der Waals surface area (Å²) in [4.78, 5) is 9.04. The highest BCUT2D eigenvalue weighted by atomic mass is 32.2. The molecule has 0 spiro atoms. The minimum atomic E-state index is -3.82. The Morgan fingerprint density at radius 3 is 2.57 bits per heavy atom. The van der Waals surface area contributed by atoms with Crippen LogP contribution in [-0.4, -0.2) is 41.1 Å². The Balaban J connectivity index is 1.77. The number of hydrogen-bond donors (Lipinski definition) is 0. The van der Waals surface area contributed by atoms with E-state index in [2.05, 4.69) is 9.97 Å². The van der Waals surface area contributed by atoms with Crippen molar-refractivity contribution < 1.29 is 16.8 Å². The molecule has 8 nitrogen and oxygen atoms in total. The number of imidazole rings is 1. The maximum absolute atomic E-state index is 13.1. The molecule has 0 atom stereocenters. The zero-order valence-corrected chi connectivity index (χ0v) is 17.4. The molecule has 0 fully saturated rings. The smallest absolute Gasteiger partial charge is 0.269 e. The maximum atomic E-state index is 13.1. The molecular weight excluding hydrogens is 424 g/mol. The molecule has 1 aromatic carbocycles. The molecule has 0 unspecified atom stereocenters. The number of sulfone groups is 1. The number of aromatic nitrogens is 4. The first kappa shape index (κ1) is 18.8. The summed E-state index contributed by atoms with van der Waals surface area (Å²) < 4.78 is 52.7. The van der Waals surface area contributed by atoms with E-state index in [0.29, 0.717) is 27.9 Å². The van der Waals surface area contributed by atoms with Crippen molar-refractivity contribution in [3.8, 4) is 0 Å². The fourth-order valence-corrected chi connectivity index (χ4v) is 5.81. The van der Waals surface area contributed by atoms with Gasteiger partial charge in [0.15, 0.2) is 15.5 Å². The second-order valence-electron chi connectivity index (χ2n) is 6.91. The molecule has 0 saturated heterocycles. The summed E-state index contributed by atoms with van der Waals surface area (Å²) in [7, 11) is -7.07. The number of fused-ring (bicyclic) bond motifs is 3. The van der Waals surface area contributed by atoms with Gasteiger partial charge in [-0.15, -0.1) is 0 Å². The SMILES string of the molecule is Cc1nc2cnc3c(ccn3S(=O)(=O)c3ccccc3)c2n1C1=CCS(=O)(=O)C=C1. The number of pyridine rings is 1. The van der Waals surface area contributed by atoms with Gasteiger partial charge in [-0.1, -0.05) is 18.2 Å². The van der Waals surface area contributed by atoms with Crippen LogP contribution in [0, 0.1) is 6.92 Å². The Hall–Kier alpha value is -3.24. The van der Waals surface area contributed by atoms with Crippen LogP contribution in [0.4, 0.5) is 0 Å². The molecule has 3 aromatic heterocycles.